The largest absolute Gasteiger partial charge is 0.458 e. The van der Waals surface area contributed by atoms with Gasteiger partial charge >= 0.3 is 7.12 Å². The molecule has 1 unspecified atom stereocenters. The zero-order valence-corrected chi connectivity index (χ0v) is 6.72. The average molecular weight is 150 g/mol. The summed E-state index contributed by atoms with van der Waals surface area (Å²) >= 11 is 5.66. The normalized spacial score (nSPS) is 17.0. The van der Waals surface area contributed by atoms with Crippen LogP contribution in [0, 0.1) is 0 Å². The van der Waals surface area contributed by atoms with E-state index in [1.807, 2.05) is 13.8 Å². The Bertz CT molecular complexity index is 79.4. The van der Waals surface area contributed by atoms with E-state index >= 15 is 0 Å². The van der Waals surface area contributed by atoms with Crippen LogP contribution in [0.5, 0.6) is 0 Å². The van der Waals surface area contributed by atoms with E-state index in [-0.39, 0.29) is 11.2 Å². The van der Waals surface area contributed by atoms with Gasteiger partial charge in [-0.15, -0.1) is 11.6 Å². The lowest BCUT2D eigenvalue weighted by atomic mass is 9.72. The standard InChI is InChI=1S/C5H12BClO2/c1-4(5(2)7)6(8)9-3/h4-5,8H,1-3H3/t4?,5-/m1/s1. The highest BCUT2D eigenvalue weighted by Crippen LogP contribution is 2.17. The molecule has 0 aromatic rings. The Morgan fingerprint density at radius 1 is 1.56 bits per heavy atom. The average Bonchev–Trinajstić information content (AvgIpc) is 1.84. The van der Waals surface area contributed by atoms with Crippen molar-refractivity contribution in [2.24, 2.45) is 0 Å². The molecule has 0 aliphatic rings. The fraction of sp³-hybridized carbons (Fsp3) is 1.00. The van der Waals surface area contributed by atoms with Gasteiger partial charge in [0.15, 0.2) is 0 Å². The fourth-order valence-corrected chi connectivity index (χ4v) is 0.566. The number of halogens is 1. The Labute approximate surface area is 61.3 Å². The van der Waals surface area contributed by atoms with Crippen LogP contribution in [0.4, 0.5) is 0 Å². The molecular formula is C5H12BClO2. The SMILES string of the molecule is COB(O)C(C)[C@@H](C)Cl. The summed E-state index contributed by atoms with van der Waals surface area (Å²) in [4.78, 5) is 0. The first-order valence-corrected chi connectivity index (χ1v) is 3.38. The quantitative estimate of drug-likeness (QED) is 0.483. The smallest absolute Gasteiger partial charge is 0.427 e. The first kappa shape index (κ1) is 9.27. The number of rotatable bonds is 3. The Balaban J connectivity index is 3.58. The van der Waals surface area contributed by atoms with Gasteiger partial charge in [-0.3, -0.25) is 0 Å². The molecule has 2 atom stereocenters. The van der Waals surface area contributed by atoms with E-state index in [1.165, 1.54) is 7.11 Å². The van der Waals surface area contributed by atoms with Crippen molar-refractivity contribution in [3.63, 3.8) is 0 Å². The van der Waals surface area contributed by atoms with Crippen molar-refractivity contribution in [3.05, 3.63) is 0 Å². The van der Waals surface area contributed by atoms with Crippen molar-refractivity contribution in [3.8, 4) is 0 Å². The summed E-state index contributed by atoms with van der Waals surface area (Å²) in [5, 5.41) is 8.93. The van der Waals surface area contributed by atoms with Crippen LogP contribution >= 0.6 is 11.6 Å². The van der Waals surface area contributed by atoms with Crippen molar-refractivity contribution < 1.29 is 9.68 Å². The van der Waals surface area contributed by atoms with E-state index < -0.39 is 7.12 Å². The molecule has 0 rings (SSSR count). The zero-order valence-electron chi connectivity index (χ0n) is 5.97. The van der Waals surface area contributed by atoms with Gasteiger partial charge in [0.1, 0.15) is 0 Å². The highest BCUT2D eigenvalue weighted by molar-refractivity contribution is 6.47. The zero-order chi connectivity index (χ0) is 7.44. The molecule has 0 aliphatic heterocycles. The maximum atomic E-state index is 8.99. The predicted octanol–water partition coefficient (Wildman–Crippen LogP) is 1.13. The summed E-state index contributed by atoms with van der Waals surface area (Å²) in [7, 11) is 0.720. The highest BCUT2D eigenvalue weighted by atomic mass is 35.5. The van der Waals surface area contributed by atoms with Gasteiger partial charge in [-0.25, -0.2) is 0 Å². The Morgan fingerprint density at radius 2 is 2.00 bits per heavy atom. The minimum Gasteiger partial charge on any atom is -0.427 e. The third-order valence-electron chi connectivity index (χ3n) is 1.42. The fourth-order valence-electron chi connectivity index (χ4n) is 0.442. The number of alkyl halides is 1. The molecule has 0 spiro atoms. The summed E-state index contributed by atoms with van der Waals surface area (Å²) in [6, 6.07) is 0. The van der Waals surface area contributed by atoms with Gasteiger partial charge in [-0.2, -0.15) is 0 Å². The molecule has 4 heteroatoms. The van der Waals surface area contributed by atoms with Gasteiger partial charge in [0.2, 0.25) is 0 Å². The molecule has 54 valence electrons. The maximum absolute atomic E-state index is 8.99. The van der Waals surface area contributed by atoms with Crippen LogP contribution in [-0.2, 0) is 4.65 Å². The van der Waals surface area contributed by atoms with Crippen LogP contribution in [0.2, 0.25) is 5.82 Å². The molecule has 0 radical (unpaired) electrons. The number of hydrogen-bond donors (Lipinski definition) is 1. The summed E-state index contributed by atoms with van der Waals surface area (Å²) in [6.07, 6.45) is 0. The van der Waals surface area contributed by atoms with E-state index in [0.717, 1.165) is 0 Å². The van der Waals surface area contributed by atoms with E-state index in [1.54, 1.807) is 0 Å². The molecule has 0 amide bonds. The van der Waals surface area contributed by atoms with E-state index in [9.17, 15) is 0 Å². The predicted molar refractivity (Wildman–Crippen MR) is 39.7 cm³/mol. The lowest BCUT2D eigenvalue weighted by Crippen LogP contribution is -2.26. The maximum Gasteiger partial charge on any atom is 0.458 e. The van der Waals surface area contributed by atoms with Gasteiger partial charge in [-0.05, 0) is 6.92 Å². The summed E-state index contributed by atoms with van der Waals surface area (Å²) < 4.78 is 4.64. The first-order chi connectivity index (χ1) is 4.09. The molecule has 0 heterocycles. The van der Waals surface area contributed by atoms with Crippen LogP contribution in [0.1, 0.15) is 13.8 Å². The van der Waals surface area contributed by atoms with Crippen molar-refractivity contribution in [2.45, 2.75) is 25.0 Å². The Hall–Kier alpha value is 0.275. The molecule has 1 N–H and O–H groups in total. The highest BCUT2D eigenvalue weighted by Gasteiger charge is 2.24. The van der Waals surface area contributed by atoms with Gasteiger partial charge < -0.3 is 9.68 Å². The van der Waals surface area contributed by atoms with Gasteiger partial charge in [0.25, 0.3) is 0 Å². The molecule has 2 nitrogen and oxygen atoms in total. The van der Waals surface area contributed by atoms with Crippen LogP contribution in [0.25, 0.3) is 0 Å². The molecular weight excluding hydrogens is 138 g/mol. The van der Waals surface area contributed by atoms with Crippen molar-refractivity contribution >= 4 is 18.7 Å². The minimum absolute atomic E-state index is 0.0170. The van der Waals surface area contributed by atoms with Gasteiger partial charge in [0, 0.05) is 18.3 Å². The third-order valence-corrected chi connectivity index (χ3v) is 1.81. The molecule has 0 aromatic heterocycles. The lowest BCUT2D eigenvalue weighted by molar-refractivity contribution is 0.313. The summed E-state index contributed by atoms with van der Waals surface area (Å²) in [5.41, 5.74) is 0. The van der Waals surface area contributed by atoms with Gasteiger partial charge in [-0.1, -0.05) is 6.92 Å². The minimum atomic E-state index is -0.738. The van der Waals surface area contributed by atoms with Gasteiger partial charge in [0.05, 0.1) is 0 Å². The Kier molecular flexibility index (Phi) is 4.27. The van der Waals surface area contributed by atoms with Crippen molar-refractivity contribution in [1.29, 1.82) is 0 Å². The van der Waals surface area contributed by atoms with E-state index in [4.69, 9.17) is 16.6 Å². The molecule has 0 saturated carbocycles. The van der Waals surface area contributed by atoms with Crippen LogP contribution < -0.4 is 0 Å². The molecule has 0 bridgehead atoms. The molecule has 0 aliphatic carbocycles. The first-order valence-electron chi connectivity index (χ1n) is 2.94. The van der Waals surface area contributed by atoms with Crippen LogP contribution in [0.15, 0.2) is 0 Å². The van der Waals surface area contributed by atoms with E-state index in [2.05, 4.69) is 4.65 Å². The lowest BCUT2D eigenvalue weighted by Gasteiger charge is -2.14. The molecule has 0 aromatic carbocycles. The monoisotopic (exact) mass is 150 g/mol. The summed E-state index contributed by atoms with van der Waals surface area (Å²) in [5.74, 6) is -0.0170. The molecule has 0 saturated heterocycles. The third kappa shape index (κ3) is 3.09. The van der Waals surface area contributed by atoms with Crippen molar-refractivity contribution in [1.82, 2.24) is 0 Å². The van der Waals surface area contributed by atoms with E-state index in [0.29, 0.717) is 0 Å². The van der Waals surface area contributed by atoms with Crippen LogP contribution in [-0.4, -0.2) is 24.6 Å². The van der Waals surface area contributed by atoms with Crippen molar-refractivity contribution in [2.75, 3.05) is 7.11 Å². The Morgan fingerprint density at radius 3 is 2.11 bits per heavy atom. The second-order valence-corrected chi connectivity index (χ2v) is 2.85. The topological polar surface area (TPSA) is 29.5 Å². The summed E-state index contributed by atoms with van der Waals surface area (Å²) in [6.45, 7) is 3.67. The number of hydrogen-bond acceptors (Lipinski definition) is 2. The second-order valence-electron chi connectivity index (χ2n) is 2.16. The molecule has 9 heavy (non-hydrogen) atoms. The molecule has 0 fully saturated rings. The second kappa shape index (κ2) is 4.15. The van der Waals surface area contributed by atoms with Crippen LogP contribution in [0.3, 0.4) is 0 Å².